The van der Waals surface area contributed by atoms with Crippen molar-refractivity contribution in [2.24, 2.45) is 0 Å². The molecule has 4 nitrogen and oxygen atoms in total. The molecule has 0 radical (unpaired) electrons. The zero-order valence-corrected chi connectivity index (χ0v) is 9.82. The third kappa shape index (κ3) is 41.9. The summed E-state index contributed by atoms with van der Waals surface area (Å²) in [7, 11) is 0. The summed E-state index contributed by atoms with van der Waals surface area (Å²) in [4.78, 5) is 8.25. The van der Waals surface area contributed by atoms with Gasteiger partial charge in [-0.1, -0.05) is 0 Å². The maximum Gasteiger partial charge on any atom is 2.00 e. The smallest absolute Gasteiger partial charge is 1.00 e. The van der Waals surface area contributed by atoms with E-state index in [9.17, 15) is 0 Å². The van der Waals surface area contributed by atoms with Crippen LogP contribution in [0.3, 0.4) is 0 Å². The SMILES string of the molecule is O=[N+]([O-])[O-].[Ba+2].[H-].[H-].[Na+]. The van der Waals surface area contributed by atoms with Crippen LogP contribution in [0.4, 0.5) is 0 Å². The van der Waals surface area contributed by atoms with E-state index in [4.69, 9.17) is 15.3 Å². The van der Waals surface area contributed by atoms with E-state index in [-0.39, 0.29) is 81.3 Å². The molecule has 0 aromatic carbocycles. The van der Waals surface area contributed by atoms with Crippen LogP contribution in [0.2, 0.25) is 0 Å². The Morgan fingerprint density at radius 1 is 1.50 bits per heavy atom. The van der Waals surface area contributed by atoms with Crippen molar-refractivity contribution in [2.75, 3.05) is 0 Å². The molecule has 0 saturated carbocycles. The normalized spacial score (nSPS) is 4.00. The van der Waals surface area contributed by atoms with Gasteiger partial charge in [-0.2, -0.15) is 0 Å². The molecule has 0 aliphatic carbocycles. The van der Waals surface area contributed by atoms with Gasteiger partial charge in [0.25, 0.3) is 0 Å². The van der Waals surface area contributed by atoms with Gasteiger partial charge in [-0.25, -0.2) is 0 Å². The molecule has 0 amide bonds. The fourth-order valence-corrected chi connectivity index (χ4v) is 0. The van der Waals surface area contributed by atoms with Gasteiger partial charge in [-0.15, -0.1) is 0 Å². The Morgan fingerprint density at radius 2 is 1.50 bits per heavy atom. The molecule has 0 spiro atoms. The van der Waals surface area contributed by atoms with Gasteiger partial charge >= 0.3 is 78.4 Å². The van der Waals surface area contributed by atoms with E-state index in [1.807, 2.05) is 0 Å². The van der Waals surface area contributed by atoms with E-state index in [0.717, 1.165) is 0 Å². The van der Waals surface area contributed by atoms with Crippen molar-refractivity contribution >= 4 is 48.9 Å². The van der Waals surface area contributed by atoms with Gasteiger partial charge in [-0.3, -0.25) is 0 Å². The molecule has 0 unspecified atom stereocenters. The van der Waals surface area contributed by atoms with Gasteiger partial charge in [0.2, 0.25) is 0 Å². The van der Waals surface area contributed by atoms with Crippen LogP contribution in [0, 0.1) is 15.3 Å². The Balaban J connectivity index is -0.00000000750. The van der Waals surface area contributed by atoms with Crippen molar-refractivity contribution in [3.8, 4) is 0 Å². The summed E-state index contributed by atoms with van der Waals surface area (Å²) >= 11 is 0. The first-order valence-corrected chi connectivity index (χ1v) is 0.548. The van der Waals surface area contributed by atoms with Crippen molar-refractivity contribution < 1.29 is 37.5 Å². The molecule has 0 bridgehead atoms. The number of hydrogen-bond acceptors (Lipinski definition) is 3. The van der Waals surface area contributed by atoms with E-state index in [2.05, 4.69) is 0 Å². The first-order chi connectivity index (χ1) is 1.73. The topological polar surface area (TPSA) is 66.2 Å². The first-order valence-electron chi connectivity index (χ1n) is 0.548. The van der Waals surface area contributed by atoms with E-state index < -0.39 is 5.09 Å². The van der Waals surface area contributed by atoms with Crippen LogP contribution in [-0.2, 0) is 0 Å². The number of nitrogens with zero attached hydrogens (tertiary/aromatic N) is 1. The Kier molecular flexibility index (Phi) is 25.8. The van der Waals surface area contributed by atoms with Crippen LogP contribution in [0.25, 0.3) is 0 Å². The van der Waals surface area contributed by atoms with Crippen LogP contribution in [-0.4, -0.2) is 54.0 Å². The summed E-state index contributed by atoms with van der Waals surface area (Å²) in [5.74, 6) is 0. The van der Waals surface area contributed by atoms with Crippen molar-refractivity contribution in [2.45, 2.75) is 0 Å². The molecule has 28 valence electrons. The van der Waals surface area contributed by atoms with Crippen molar-refractivity contribution in [3.63, 3.8) is 0 Å². The van der Waals surface area contributed by atoms with E-state index in [1.54, 1.807) is 0 Å². The minimum Gasteiger partial charge on any atom is -1.00 e. The summed E-state index contributed by atoms with van der Waals surface area (Å²) in [5.41, 5.74) is 0. The summed E-state index contributed by atoms with van der Waals surface area (Å²) in [5, 5.41) is 14.8. The Hall–Kier alpha value is 1.77. The summed E-state index contributed by atoms with van der Waals surface area (Å²) in [6, 6.07) is 0. The van der Waals surface area contributed by atoms with Gasteiger partial charge in [0.15, 0.2) is 0 Å². The van der Waals surface area contributed by atoms with Gasteiger partial charge in [-0.05, 0) is 0 Å². The third-order valence-corrected chi connectivity index (χ3v) is 0. The molecule has 0 saturated heterocycles. The molecule has 0 heterocycles. The summed E-state index contributed by atoms with van der Waals surface area (Å²) < 4.78 is 0. The standard InChI is InChI=1S/Ba.NO3.Na.2H/c;2-1(3)4;;;/q+2;-1;+1;2*-1. The average Bonchev–Trinajstić information content (AvgIpc) is 0.811. The zero-order chi connectivity index (χ0) is 3.58. The second kappa shape index (κ2) is 9.91. The largest absolute Gasteiger partial charge is 2.00 e. The van der Waals surface area contributed by atoms with Crippen LogP contribution in [0.5, 0.6) is 0 Å². The molecular weight excluding hydrogens is 222 g/mol. The second-order valence-electron chi connectivity index (χ2n) is 0.224. The minimum atomic E-state index is -1.75. The molecule has 0 aromatic heterocycles. The minimum absolute atomic E-state index is 0. The van der Waals surface area contributed by atoms with Crippen molar-refractivity contribution in [1.82, 2.24) is 0 Å². The average molecular weight is 224 g/mol. The third-order valence-electron chi connectivity index (χ3n) is 0. The Labute approximate surface area is 99.7 Å². The molecule has 0 fully saturated rings. The van der Waals surface area contributed by atoms with Gasteiger partial charge < -0.3 is 18.2 Å². The molecule has 6 heavy (non-hydrogen) atoms. The van der Waals surface area contributed by atoms with E-state index >= 15 is 0 Å². The Morgan fingerprint density at radius 3 is 1.50 bits per heavy atom. The molecule has 0 rings (SSSR count). The maximum absolute atomic E-state index is 8.25. The van der Waals surface area contributed by atoms with E-state index in [0.29, 0.717) is 0 Å². The maximum atomic E-state index is 8.25. The van der Waals surface area contributed by atoms with Crippen LogP contribution < -0.4 is 29.6 Å². The summed E-state index contributed by atoms with van der Waals surface area (Å²) in [6.07, 6.45) is 0. The zero-order valence-electron chi connectivity index (χ0n) is 5.38. The molecular formula is H2BaNNaO3. The number of rotatable bonds is 0. The van der Waals surface area contributed by atoms with Gasteiger partial charge in [0, 0.05) is 0 Å². The fourth-order valence-electron chi connectivity index (χ4n) is 0. The summed E-state index contributed by atoms with van der Waals surface area (Å²) in [6.45, 7) is 0. The monoisotopic (exact) mass is 225 g/mol. The first kappa shape index (κ1) is 15.7. The predicted molar refractivity (Wildman–Crippen MR) is 18.3 cm³/mol. The quantitative estimate of drug-likeness (QED) is 0.245. The van der Waals surface area contributed by atoms with Crippen LogP contribution in [0.15, 0.2) is 0 Å². The van der Waals surface area contributed by atoms with Gasteiger partial charge in [0.1, 0.15) is 0 Å². The molecule has 0 N–H and O–H groups in total. The second-order valence-corrected chi connectivity index (χ2v) is 0.224. The fraction of sp³-hybridized carbons (Fsp3) is 0. The van der Waals surface area contributed by atoms with Crippen molar-refractivity contribution in [3.05, 3.63) is 15.3 Å². The molecule has 0 aliphatic rings. The molecule has 0 aliphatic heterocycles. The predicted octanol–water partition coefficient (Wildman–Crippen LogP) is -3.39. The van der Waals surface area contributed by atoms with Gasteiger partial charge in [0.05, 0.1) is 5.09 Å². The molecule has 0 atom stereocenters. The van der Waals surface area contributed by atoms with Crippen LogP contribution >= 0.6 is 0 Å². The van der Waals surface area contributed by atoms with E-state index in [1.165, 1.54) is 0 Å². The molecule has 0 aromatic rings. The van der Waals surface area contributed by atoms with Crippen molar-refractivity contribution in [1.29, 1.82) is 0 Å². The molecule has 6 heteroatoms. The number of hydrogen-bond donors (Lipinski definition) is 0. The Bertz CT molecular complexity index is 40.3. The van der Waals surface area contributed by atoms with Crippen LogP contribution in [0.1, 0.15) is 2.85 Å².